The van der Waals surface area contributed by atoms with Gasteiger partial charge in [-0.15, -0.1) is 0 Å². The molecule has 0 aromatic rings. The molecule has 3 unspecified atom stereocenters. The molecular formula is C7H14O2. The highest BCUT2D eigenvalue weighted by molar-refractivity contribution is 4.64. The smallest absolute Gasteiger partial charge is 0.155 e. The summed E-state index contributed by atoms with van der Waals surface area (Å²) >= 11 is 0. The van der Waals surface area contributed by atoms with Crippen molar-refractivity contribution in [2.45, 2.75) is 33.2 Å². The lowest BCUT2D eigenvalue weighted by Crippen LogP contribution is -2.35. The molecule has 2 nitrogen and oxygen atoms in total. The van der Waals surface area contributed by atoms with Crippen LogP contribution >= 0.6 is 0 Å². The Morgan fingerprint density at radius 3 is 2.33 bits per heavy atom. The van der Waals surface area contributed by atoms with Gasteiger partial charge in [-0.25, -0.2) is 0 Å². The van der Waals surface area contributed by atoms with Gasteiger partial charge < -0.3 is 9.47 Å². The van der Waals surface area contributed by atoms with Gasteiger partial charge in [0.25, 0.3) is 0 Å². The third kappa shape index (κ3) is 1.66. The molecule has 1 heterocycles. The first-order valence-corrected chi connectivity index (χ1v) is 3.47. The largest absolute Gasteiger partial charge is 0.353 e. The molecule has 0 amide bonds. The van der Waals surface area contributed by atoms with Crippen LogP contribution in [0.3, 0.4) is 0 Å². The van der Waals surface area contributed by atoms with Gasteiger partial charge >= 0.3 is 0 Å². The zero-order valence-corrected chi connectivity index (χ0v) is 6.26. The van der Waals surface area contributed by atoms with Crippen molar-refractivity contribution in [1.82, 2.24) is 0 Å². The van der Waals surface area contributed by atoms with Crippen molar-refractivity contribution in [3.05, 3.63) is 0 Å². The van der Waals surface area contributed by atoms with Gasteiger partial charge in [-0.2, -0.15) is 0 Å². The molecule has 0 bridgehead atoms. The van der Waals surface area contributed by atoms with E-state index in [4.69, 9.17) is 9.47 Å². The van der Waals surface area contributed by atoms with Crippen molar-refractivity contribution in [1.29, 1.82) is 0 Å². The van der Waals surface area contributed by atoms with Crippen molar-refractivity contribution in [2.24, 2.45) is 5.92 Å². The molecule has 0 aliphatic carbocycles. The van der Waals surface area contributed by atoms with E-state index in [0.29, 0.717) is 12.0 Å². The highest BCUT2D eigenvalue weighted by Gasteiger charge is 2.21. The molecule has 0 radical (unpaired) electrons. The molecule has 1 aliphatic rings. The minimum atomic E-state index is -0.00352. The van der Waals surface area contributed by atoms with Crippen LogP contribution in [0.4, 0.5) is 0 Å². The maximum Gasteiger partial charge on any atom is 0.155 e. The van der Waals surface area contributed by atoms with Crippen LogP contribution in [0.2, 0.25) is 0 Å². The number of hydrogen-bond acceptors (Lipinski definition) is 2. The minimum Gasteiger partial charge on any atom is -0.353 e. The summed E-state index contributed by atoms with van der Waals surface area (Å²) in [6.07, 6.45) is 0.352. The minimum absolute atomic E-state index is 0.00352. The fraction of sp³-hybridized carbons (Fsp3) is 1.00. The van der Waals surface area contributed by atoms with E-state index < -0.39 is 0 Å². The lowest BCUT2D eigenvalue weighted by molar-refractivity contribution is -0.219. The third-order valence-corrected chi connectivity index (χ3v) is 1.80. The van der Waals surface area contributed by atoms with Crippen LogP contribution in [0.15, 0.2) is 0 Å². The first-order chi connectivity index (χ1) is 4.20. The van der Waals surface area contributed by atoms with E-state index in [1.54, 1.807) is 0 Å². The molecule has 1 rings (SSSR count). The predicted molar refractivity (Wildman–Crippen MR) is 35.1 cm³/mol. The van der Waals surface area contributed by atoms with Crippen molar-refractivity contribution in [3.8, 4) is 0 Å². The highest BCUT2D eigenvalue weighted by Crippen LogP contribution is 2.16. The summed E-state index contributed by atoms with van der Waals surface area (Å²) in [5.41, 5.74) is 0. The van der Waals surface area contributed by atoms with Crippen LogP contribution in [0.1, 0.15) is 20.8 Å². The Bertz CT molecular complexity index is 92.9. The average Bonchev–Trinajstić information content (AvgIpc) is 1.80. The Morgan fingerprint density at radius 2 is 1.89 bits per heavy atom. The van der Waals surface area contributed by atoms with Gasteiger partial charge in [0, 0.05) is 5.92 Å². The summed E-state index contributed by atoms with van der Waals surface area (Å²) in [5.74, 6) is 0.543. The third-order valence-electron chi connectivity index (χ3n) is 1.80. The maximum absolute atomic E-state index is 5.38. The van der Waals surface area contributed by atoms with E-state index in [-0.39, 0.29) is 6.29 Å². The Balaban J connectivity index is 2.35. The van der Waals surface area contributed by atoms with Crippen molar-refractivity contribution in [2.75, 3.05) is 6.61 Å². The fourth-order valence-corrected chi connectivity index (χ4v) is 0.898. The number of ether oxygens (including phenoxy) is 2. The molecule has 0 aromatic heterocycles. The van der Waals surface area contributed by atoms with Gasteiger partial charge in [0.2, 0.25) is 0 Å². The van der Waals surface area contributed by atoms with Crippen molar-refractivity contribution < 1.29 is 9.47 Å². The molecule has 0 N–H and O–H groups in total. The van der Waals surface area contributed by atoms with Crippen molar-refractivity contribution in [3.63, 3.8) is 0 Å². The summed E-state index contributed by atoms with van der Waals surface area (Å²) < 4.78 is 10.6. The SMILES string of the molecule is CC1OCC(C)C(C)O1. The Morgan fingerprint density at radius 1 is 1.22 bits per heavy atom. The van der Waals surface area contributed by atoms with Gasteiger partial charge in [-0.3, -0.25) is 0 Å². The molecule has 9 heavy (non-hydrogen) atoms. The highest BCUT2D eigenvalue weighted by atomic mass is 16.7. The Hall–Kier alpha value is -0.0800. The van der Waals surface area contributed by atoms with Gasteiger partial charge in [-0.1, -0.05) is 6.92 Å². The van der Waals surface area contributed by atoms with E-state index in [1.807, 2.05) is 6.92 Å². The molecule has 1 saturated heterocycles. The summed E-state index contributed by atoms with van der Waals surface area (Å²) in [4.78, 5) is 0. The maximum atomic E-state index is 5.38. The zero-order chi connectivity index (χ0) is 6.85. The molecule has 0 spiro atoms. The van der Waals surface area contributed by atoms with E-state index in [1.165, 1.54) is 0 Å². The molecule has 54 valence electrons. The lowest BCUT2D eigenvalue weighted by atomic mass is 10.1. The van der Waals surface area contributed by atoms with Crippen LogP contribution in [0, 0.1) is 5.92 Å². The molecule has 1 aliphatic heterocycles. The standard InChI is InChI=1S/C7H14O2/c1-5-4-8-7(3)9-6(5)2/h5-7H,4H2,1-3H3. The summed E-state index contributed by atoms with van der Waals surface area (Å²) in [7, 11) is 0. The van der Waals surface area contributed by atoms with Crippen LogP contribution in [0.25, 0.3) is 0 Å². The van der Waals surface area contributed by atoms with Crippen LogP contribution in [-0.2, 0) is 9.47 Å². The van der Waals surface area contributed by atoms with E-state index in [0.717, 1.165) is 6.61 Å². The topological polar surface area (TPSA) is 18.5 Å². The Kier molecular flexibility index (Phi) is 2.09. The lowest BCUT2D eigenvalue weighted by Gasteiger charge is -2.30. The summed E-state index contributed by atoms with van der Waals surface area (Å²) in [5, 5.41) is 0. The van der Waals surface area contributed by atoms with Gasteiger partial charge in [0.1, 0.15) is 0 Å². The second-order valence-electron chi connectivity index (χ2n) is 2.72. The van der Waals surface area contributed by atoms with E-state index >= 15 is 0 Å². The first-order valence-electron chi connectivity index (χ1n) is 3.47. The fourth-order valence-electron chi connectivity index (χ4n) is 0.898. The van der Waals surface area contributed by atoms with Gasteiger partial charge in [0.05, 0.1) is 12.7 Å². The molecule has 2 heteroatoms. The normalized spacial score (nSPS) is 45.0. The molecular weight excluding hydrogens is 116 g/mol. The molecule has 1 fully saturated rings. The van der Waals surface area contributed by atoms with E-state index in [9.17, 15) is 0 Å². The molecule has 0 saturated carbocycles. The van der Waals surface area contributed by atoms with Gasteiger partial charge in [0.15, 0.2) is 6.29 Å². The zero-order valence-electron chi connectivity index (χ0n) is 6.26. The second-order valence-corrected chi connectivity index (χ2v) is 2.72. The van der Waals surface area contributed by atoms with Gasteiger partial charge in [-0.05, 0) is 13.8 Å². The monoisotopic (exact) mass is 130 g/mol. The first kappa shape index (κ1) is 7.03. The predicted octanol–water partition coefficient (Wildman–Crippen LogP) is 1.40. The Labute approximate surface area is 56.2 Å². The second kappa shape index (κ2) is 2.67. The average molecular weight is 130 g/mol. The molecule has 0 aromatic carbocycles. The number of rotatable bonds is 0. The van der Waals surface area contributed by atoms with Crippen LogP contribution in [-0.4, -0.2) is 19.0 Å². The van der Waals surface area contributed by atoms with Crippen LogP contribution < -0.4 is 0 Å². The van der Waals surface area contributed by atoms with E-state index in [2.05, 4.69) is 13.8 Å². The summed E-state index contributed by atoms with van der Waals surface area (Å²) in [6.45, 7) is 6.99. The van der Waals surface area contributed by atoms with Crippen LogP contribution in [0.5, 0.6) is 0 Å². The molecule has 3 atom stereocenters. The number of hydrogen-bond donors (Lipinski definition) is 0. The summed E-state index contributed by atoms with van der Waals surface area (Å²) in [6, 6.07) is 0. The van der Waals surface area contributed by atoms with Crippen molar-refractivity contribution >= 4 is 0 Å². The quantitative estimate of drug-likeness (QED) is 0.493.